The Morgan fingerprint density at radius 1 is 1.12 bits per heavy atom. The fourth-order valence-corrected chi connectivity index (χ4v) is 8.28. The van der Waals surface area contributed by atoms with Crippen molar-refractivity contribution in [1.82, 2.24) is 0 Å². The van der Waals surface area contributed by atoms with Crippen molar-refractivity contribution in [2.75, 3.05) is 13.3 Å². The Morgan fingerprint density at radius 2 is 1.47 bits per heavy atom. The summed E-state index contributed by atoms with van der Waals surface area (Å²) in [4.78, 5) is 8.12. The molecular weight excluding hydrogens is 454 g/mol. The maximum absolute atomic E-state index is 8.12. The van der Waals surface area contributed by atoms with Crippen molar-refractivity contribution in [1.29, 1.82) is 0 Å². The van der Waals surface area contributed by atoms with Gasteiger partial charge >= 0.3 is 83.5 Å². The van der Waals surface area contributed by atoms with Crippen LogP contribution in [0.2, 0.25) is 27.2 Å². The molecule has 0 spiro atoms. The summed E-state index contributed by atoms with van der Waals surface area (Å²) in [5.74, 6) is 0. The van der Waals surface area contributed by atoms with Gasteiger partial charge in [-0.1, -0.05) is 0 Å². The van der Waals surface area contributed by atoms with E-state index < -0.39 is 16.6 Å². The molecule has 0 aromatic heterocycles. The standard InChI is InChI=1S/C5H5.C2H7OP.5CH3.2ClH.Ir/c1-2-4-5-3-1;1-4(2)3;;;;;;;;/h1-3H,4H2;3H,1-2H3;5*1H3;2*1H;/q;;;;;;;;;+2/p-2. The fourth-order valence-electron chi connectivity index (χ4n) is 1.12. The van der Waals surface area contributed by atoms with Crippen LogP contribution in [0, 0.1) is 0 Å². The van der Waals surface area contributed by atoms with E-state index >= 15 is 0 Å². The van der Waals surface area contributed by atoms with Crippen LogP contribution in [-0.4, -0.2) is 18.2 Å². The van der Waals surface area contributed by atoms with Crippen molar-refractivity contribution < 1.29 is 13.3 Å². The van der Waals surface area contributed by atoms with Crippen LogP contribution in [0.15, 0.2) is 22.3 Å². The van der Waals surface area contributed by atoms with Crippen molar-refractivity contribution in [3.63, 3.8) is 0 Å². The van der Waals surface area contributed by atoms with Gasteiger partial charge in [0.2, 0.25) is 0 Å². The normalized spacial score (nSPS) is 24.8. The first-order chi connectivity index (χ1) is 6.73. The monoisotopic (exact) mass is 481 g/mol. The SMILES string of the molecule is CP(C)O.[CH3][Ir]([CH3])([CH3])([CH3])([CH3])([Cl])([Cl])[C]1=CC=CC1. The van der Waals surface area contributed by atoms with Crippen LogP contribution in [0.5, 0.6) is 0 Å². The predicted octanol–water partition coefficient (Wildman–Crippen LogP) is 6.31. The molecule has 109 valence electrons. The van der Waals surface area contributed by atoms with Gasteiger partial charge in [0.15, 0.2) is 0 Å². The summed E-state index contributed by atoms with van der Waals surface area (Å²) < 4.78 is 1.18. The summed E-state index contributed by atoms with van der Waals surface area (Å²) in [6.07, 6.45) is 7.08. The molecule has 0 heterocycles. The molecule has 0 atom stereocenters. The second-order valence-corrected chi connectivity index (χ2v) is 76.9. The Balaban J connectivity index is 0.000000557. The van der Waals surface area contributed by atoms with Gasteiger partial charge in [0.25, 0.3) is 0 Å². The molecule has 5 heteroatoms. The van der Waals surface area contributed by atoms with Gasteiger partial charge in [-0.25, -0.2) is 0 Å². The molecule has 1 N–H and O–H groups in total. The van der Waals surface area contributed by atoms with Crippen LogP contribution in [0.3, 0.4) is 0 Å². The van der Waals surface area contributed by atoms with E-state index in [1.165, 1.54) is 4.09 Å². The van der Waals surface area contributed by atoms with Gasteiger partial charge in [-0.2, -0.15) is 0 Å². The van der Waals surface area contributed by atoms with Crippen LogP contribution in [0.1, 0.15) is 6.42 Å². The summed E-state index contributed by atoms with van der Waals surface area (Å²) in [5.41, 5.74) is 10.2. The first kappa shape index (κ1) is 18.1. The Labute approximate surface area is 109 Å². The molecule has 17 heavy (non-hydrogen) atoms. The molecule has 0 amide bonds. The summed E-state index contributed by atoms with van der Waals surface area (Å²) in [5, 5.41) is 0. The van der Waals surface area contributed by atoms with Gasteiger partial charge in [-0.15, -0.1) is 0 Å². The molecule has 0 aromatic rings. The average Bonchev–Trinajstić information content (AvgIpc) is 2.24. The average molecular weight is 481 g/mol. The number of hydrogen-bond donors (Lipinski definition) is 1. The second kappa shape index (κ2) is 2.90. The summed E-state index contributed by atoms with van der Waals surface area (Å²) in [6, 6.07) is 0. The minimum atomic E-state index is -4.77. The van der Waals surface area contributed by atoms with E-state index in [-0.39, 0.29) is 0 Å². The molecule has 1 nitrogen and oxygen atoms in total. The van der Waals surface area contributed by atoms with E-state index in [1.807, 2.05) is 33.3 Å². The molecule has 0 bridgehead atoms. The van der Waals surface area contributed by atoms with Gasteiger partial charge in [0, 0.05) is 8.15 Å². The number of allylic oxidation sites excluding steroid dienone is 4. The molecule has 0 saturated carbocycles. The maximum atomic E-state index is 8.12. The molecule has 0 aliphatic heterocycles. The molecule has 0 fully saturated rings. The molecule has 1 aliphatic carbocycles. The Hall–Kier alpha value is 1.10. The molecule has 1 aliphatic rings. The third-order valence-electron chi connectivity index (χ3n) is 1.94. The first-order valence-corrected chi connectivity index (χ1v) is 26.2. The third-order valence-corrected chi connectivity index (χ3v) is 14.3. The van der Waals surface area contributed by atoms with E-state index in [0.29, 0.717) is 0 Å². The Morgan fingerprint density at radius 3 is 1.59 bits per heavy atom. The Kier molecular flexibility index (Phi) is 3.09. The second-order valence-electron chi connectivity index (χ2n) is 7.66. The minimum absolute atomic E-state index is 0.620. The van der Waals surface area contributed by atoms with Gasteiger partial charge in [0.1, 0.15) is 0 Å². The van der Waals surface area contributed by atoms with Crippen molar-refractivity contribution >= 4 is 27.3 Å². The first-order valence-electron chi connectivity index (χ1n) is 4.90. The van der Waals surface area contributed by atoms with Crippen molar-refractivity contribution in [3.8, 4) is 0 Å². The zero-order chi connectivity index (χ0) is 14.3. The van der Waals surface area contributed by atoms with Crippen LogP contribution in [-0.2, 0) is 8.44 Å². The van der Waals surface area contributed by atoms with Gasteiger partial charge in [-0.05, 0) is 13.3 Å². The number of hydrogen-bond acceptors (Lipinski definition) is 1. The Bertz CT molecular complexity index is 392. The van der Waals surface area contributed by atoms with Crippen molar-refractivity contribution in [2.24, 2.45) is 0 Å². The molecular formula is C12H27Cl2IrOP. The van der Waals surface area contributed by atoms with E-state index in [1.54, 1.807) is 13.3 Å². The topological polar surface area (TPSA) is 20.2 Å². The zero-order valence-corrected chi connectivity index (χ0v) is 16.7. The summed E-state index contributed by atoms with van der Waals surface area (Å²) >= 11 is 0. The van der Waals surface area contributed by atoms with Crippen LogP contribution in [0.25, 0.3) is 0 Å². The zero-order valence-electron chi connectivity index (χ0n) is 11.9. The predicted molar refractivity (Wildman–Crippen MR) is 83.9 cm³/mol. The van der Waals surface area contributed by atoms with Gasteiger partial charge in [-0.3, -0.25) is 0 Å². The van der Waals surface area contributed by atoms with E-state index in [9.17, 15) is 0 Å². The van der Waals surface area contributed by atoms with Gasteiger partial charge in [0.05, 0.1) is 0 Å². The summed E-state index contributed by atoms with van der Waals surface area (Å²) in [6.45, 7) is 3.57. The molecule has 0 unspecified atom stereocenters. The molecule has 1 rings (SSSR count). The van der Waals surface area contributed by atoms with Crippen LogP contribution < -0.4 is 0 Å². The van der Waals surface area contributed by atoms with E-state index in [4.69, 9.17) is 24.1 Å². The quantitative estimate of drug-likeness (QED) is 0.435. The van der Waals surface area contributed by atoms with Crippen LogP contribution >= 0.6 is 27.3 Å². The molecule has 0 radical (unpaired) electrons. The number of rotatable bonds is 1. The van der Waals surface area contributed by atoms with Crippen molar-refractivity contribution in [3.05, 3.63) is 22.3 Å². The summed E-state index contributed by atoms with van der Waals surface area (Å²) in [7, 11) is 8.58. The van der Waals surface area contributed by atoms with Gasteiger partial charge < -0.3 is 4.89 Å². The third kappa shape index (κ3) is 7.98. The molecule has 0 saturated heterocycles. The van der Waals surface area contributed by atoms with E-state index in [2.05, 4.69) is 12.2 Å². The molecule has 0 aromatic carbocycles. The fraction of sp³-hybridized carbons (Fsp3) is 0.667. The van der Waals surface area contributed by atoms with Crippen LogP contribution in [0.4, 0.5) is 0 Å². The van der Waals surface area contributed by atoms with Crippen molar-refractivity contribution in [2.45, 2.75) is 33.6 Å². The van der Waals surface area contributed by atoms with E-state index in [0.717, 1.165) is 6.42 Å². The number of halogens is 2.